The highest BCUT2D eigenvalue weighted by Crippen LogP contribution is 2.06. The summed E-state index contributed by atoms with van der Waals surface area (Å²) in [5.41, 5.74) is 6.14. The SMILES string of the molecule is CC(C)C(=O)[C@H](Cc1cnc[nH]1)NC(=O)CCN. The van der Waals surface area contributed by atoms with Gasteiger partial charge < -0.3 is 16.0 Å². The zero-order valence-electron chi connectivity index (χ0n) is 10.8. The van der Waals surface area contributed by atoms with Crippen LogP contribution in [0, 0.1) is 5.92 Å². The summed E-state index contributed by atoms with van der Waals surface area (Å²) in [7, 11) is 0. The number of carbonyl (C=O) groups excluding carboxylic acids is 2. The Morgan fingerprint density at radius 2 is 2.22 bits per heavy atom. The number of imidazole rings is 1. The van der Waals surface area contributed by atoms with Gasteiger partial charge in [0.2, 0.25) is 5.91 Å². The molecule has 6 heteroatoms. The molecule has 1 amide bonds. The molecule has 4 N–H and O–H groups in total. The minimum absolute atomic E-state index is 0.00923. The molecule has 1 aromatic heterocycles. The first-order valence-corrected chi connectivity index (χ1v) is 6.05. The van der Waals surface area contributed by atoms with Gasteiger partial charge in [-0.05, 0) is 0 Å². The number of aromatic nitrogens is 2. The number of nitrogens with zero attached hydrogens (tertiary/aromatic N) is 1. The minimum atomic E-state index is -0.524. The Labute approximate surface area is 106 Å². The number of nitrogens with one attached hydrogen (secondary N) is 2. The van der Waals surface area contributed by atoms with Gasteiger partial charge in [0, 0.05) is 37.2 Å². The quantitative estimate of drug-likeness (QED) is 0.636. The highest BCUT2D eigenvalue weighted by Gasteiger charge is 2.23. The van der Waals surface area contributed by atoms with Crippen molar-refractivity contribution in [2.75, 3.05) is 6.54 Å². The maximum Gasteiger partial charge on any atom is 0.221 e. The number of amides is 1. The number of ketones is 1. The average molecular weight is 252 g/mol. The van der Waals surface area contributed by atoms with Crippen LogP contribution in [0.15, 0.2) is 12.5 Å². The smallest absolute Gasteiger partial charge is 0.221 e. The summed E-state index contributed by atoms with van der Waals surface area (Å²) in [4.78, 5) is 30.4. The van der Waals surface area contributed by atoms with Crippen LogP contribution in [0.4, 0.5) is 0 Å². The lowest BCUT2D eigenvalue weighted by molar-refractivity contribution is -0.129. The van der Waals surface area contributed by atoms with Crippen LogP contribution in [0.5, 0.6) is 0 Å². The summed E-state index contributed by atoms with van der Waals surface area (Å²) in [6, 6.07) is -0.524. The van der Waals surface area contributed by atoms with Gasteiger partial charge in [-0.25, -0.2) is 4.98 Å². The van der Waals surface area contributed by atoms with Gasteiger partial charge in [0.1, 0.15) is 0 Å². The van der Waals surface area contributed by atoms with E-state index in [1.807, 2.05) is 13.8 Å². The monoisotopic (exact) mass is 252 g/mol. The molecular weight excluding hydrogens is 232 g/mol. The molecule has 0 radical (unpaired) electrons. The second-order valence-corrected chi connectivity index (χ2v) is 4.50. The molecular formula is C12H20N4O2. The molecule has 0 spiro atoms. The van der Waals surface area contributed by atoms with E-state index in [9.17, 15) is 9.59 Å². The zero-order chi connectivity index (χ0) is 13.5. The van der Waals surface area contributed by atoms with E-state index in [0.29, 0.717) is 6.42 Å². The number of H-pyrrole nitrogens is 1. The fraction of sp³-hybridized carbons (Fsp3) is 0.583. The van der Waals surface area contributed by atoms with E-state index in [1.54, 1.807) is 12.5 Å². The van der Waals surface area contributed by atoms with Crippen LogP contribution in [-0.4, -0.2) is 34.2 Å². The van der Waals surface area contributed by atoms with Crippen LogP contribution in [0.2, 0.25) is 0 Å². The van der Waals surface area contributed by atoms with Crippen LogP contribution in [-0.2, 0) is 16.0 Å². The number of hydrogen-bond donors (Lipinski definition) is 3. The van der Waals surface area contributed by atoms with Crippen molar-refractivity contribution in [2.45, 2.75) is 32.7 Å². The number of Topliss-reactive ketones (excluding diaryl/α,β-unsaturated/α-hetero) is 1. The molecule has 0 saturated carbocycles. The second-order valence-electron chi connectivity index (χ2n) is 4.50. The third kappa shape index (κ3) is 4.29. The van der Waals surface area contributed by atoms with Crippen LogP contribution >= 0.6 is 0 Å². The van der Waals surface area contributed by atoms with Crippen molar-refractivity contribution in [3.63, 3.8) is 0 Å². The van der Waals surface area contributed by atoms with Crippen molar-refractivity contribution in [1.82, 2.24) is 15.3 Å². The van der Waals surface area contributed by atoms with Gasteiger partial charge in [0.25, 0.3) is 0 Å². The Morgan fingerprint density at radius 3 is 2.72 bits per heavy atom. The molecule has 0 saturated heterocycles. The summed E-state index contributed by atoms with van der Waals surface area (Å²) in [6.07, 6.45) is 3.85. The molecule has 0 unspecified atom stereocenters. The van der Waals surface area contributed by atoms with E-state index in [4.69, 9.17) is 5.73 Å². The number of aromatic amines is 1. The number of carbonyl (C=O) groups is 2. The summed E-state index contributed by atoms with van der Waals surface area (Å²) in [5, 5.41) is 2.72. The lowest BCUT2D eigenvalue weighted by Crippen LogP contribution is -2.44. The van der Waals surface area contributed by atoms with Crippen molar-refractivity contribution in [2.24, 2.45) is 11.7 Å². The Hall–Kier alpha value is -1.69. The predicted octanol–water partition coefficient (Wildman–Crippen LogP) is 0.0109. The van der Waals surface area contributed by atoms with Crippen LogP contribution in [0.1, 0.15) is 26.0 Å². The highest BCUT2D eigenvalue weighted by atomic mass is 16.2. The molecule has 18 heavy (non-hydrogen) atoms. The number of nitrogens with two attached hydrogens (primary N) is 1. The van der Waals surface area contributed by atoms with Crippen molar-refractivity contribution in [3.05, 3.63) is 18.2 Å². The van der Waals surface area contributed by atoms with E-state index in [1.165, 1.54) is 0 Å². The topological polar surface area (TPSA) is 101 Å². The molecule has 0 fully saturated rings. The van der Waals surface area contributed by atoms with E-state index < -0.39 is 6.04 Å². The van der Waals surface area contributed by atoms with E-state index >= 15 is 0 Å². The molecule has 1 heterocycles. The molecule has 0 aromatic carbocycles. The van der Waals surface area contributed by atoms with Crippen LogP contribution < -0.4 is 11.1 Å². The fourth-order valence-corrected chi connectivity index (χ4v) is 1.64. The molecule has 1 aromatic rings. The van der Waals surface area contributed by atoms with E-state index in [-0.39, 0.29) is 30.6 Å². The van der Waals surface area contributed by atoms with Gasteiger partial charge in [0.15, 0.2) is 5.78 Å². The molecule has 1 rings (SSSR count). The Balaban J connectivity index is 2.69. The van der Waals surface area contributed by atoms with Gasteiger partial charge in [0.05, 0.1) is 12.4 Å². The maximum atomic E-state index is 12.0. The van der Waals surface area contributed by atoms with Gasteiger partial charge in [-0.2, -0.15) is 0 Å². The molecule has 0 aliphatic carbocycles. The molecule has 6 nitrogen and oxygen atoms in total. The number of hydrogen-bond acceptors (Lipinski definition) is 4. The second kappa shape index (κ2) is 6.90. The zero-order valence-corrected chi connectivity index (χ0v) is 10.8. The summed E-state index contributed by atoms with van der Waals surface area (Å²) in [6.45, 7) is 3.91. The first-order valence-electron chi connectivity index (χ1n) is 6.05. The molecule has 100 valence electrons. The van der Waals surface area contributed by atoms with Crippen molar-refractivity contribution < 1.29 is 9.59 Å². The lowest BCUT2D eigenvalue weighted by atomic mass is 9.98. The van der Waals surface area contributed by atoms with E-state index in [2.05, 4.69) is 15.3 Å². The van der Waals surface area contributed by atoms with Gasteiger partial charge >= 0.3 is 0 Å². The Morgan fingerprint density at radius 1 is 1.50 bits per heavy atom. The fourth-order valence-electron chi connectivity index (χ4n) is 1.64. The third-order valence-corrected chi connectivity index (χ3v) is 2.60. The Bertz CT molecular complexity index is 387. The van der Waals surface area contributed by atoms with E-state index in [0.717, 1.165) is 5.69 Å². The van der Waals surface area contributed by atoms with Gasteiger partial charge in [-0.3, -0.25) is 9.59 Å². The standard InChI is InChI=1S/C12H20N4O2/c1-8(2)12(18)10(16-11(17)3-4-13)5-9-6-14-7-15-9/h6-8,10H,3-5,13H2,1-2H3,(H,14,15)(H,16,17)/t10-/m0/s1. The summed E-state index contributed by atoms with van der Waals surface area (Å²) in [5.74, 6) is -0.318. The van der Waals surface area contributed by atoms with Crippen molar-refractivity contribution in [1.29, 1.82) is 0 Å². The molecule has 0 aliphatic rings. The largest absolute Gasteiger partial charge is 0.348 e. The third-order valence-electron chi connectivity index (χ3n) is 2.60. The maximum absolute atomic E-state index is 12.0. The molecule has 0 bridgehead atoms. The molecule has 1 atom stereocenters. The molecule has 0 aliphatic heterocycles. The van der Waals surface area contributed by atoms with Gasteiger partial charge in [-0.1, -0.05) is 13.8 Å². The highest BCUT2D eigenvalue weighted by molar-refractivity contribution is 5.90. The first kappa shape index (κ1) is 14.4. The summed E-state index contributed by atoms with van der Waals surface area (Å²) < 4.78 is 0. The average Bonchev–Trinajstić information content (AvgIpc) is 2.80. The van der Waals surface area contributed by atoms with Crippen molar-refractivity contribution >= 4 is 11.7 Å². The normalized spacial score (nSPS) is 12.4. The van der Waals surface area contributed by atoms with Crippen LogP contribution in [0.3, 0.4) is 0 Å². The van der Waals surface area contributed by atoms with Crippen molar-refractivity contribution in [3.8, 4) is 0 Å². The van der Waals surface area contributed by atoms with Gasteiger partial charge in [-0.15, -0.1) is 0 Å². The number of rotatable bonds is 7. The predicted molar refractivity (Wildman–Crippen MR) is 67.7 cm³/mol. The minimum Gasteiger partial charge on any atom is -0.348 e. The lowest BCUT2D eigenvalue weighted by Gasteiger charge is -2.18. The summed E-state index contributed by atoms with van der Waals surface area (Å²) >= 11 is 0. The van der Waals surface area contributed by atoms with Crippen LogP contribution in [0.25, 0.3) is 0 Å². The Kier molecular flexibility index (Phi) is 5.51. The first-order chi connectivity index (χ1) is 8.54.